The van der Waals surface area contributed by atoms with Gasteiger partial charge in [-0.1, -0.05) is 35.9 Å². The molecule has 0 radical (unpaired) electrons. The minimum Gasteiger partial charge on any atom is -0.457 e. The topological polar surface area (TPSA) is 81.7 Å². The fraction of sp³-hybridized carbons (Fsp3) is 0.269. The molecule has 1 fully saturated rings. The molecule has 3 aromatic rings. The standard InChI is InChI=1S/C26H23ClF3NO5S/c1-37(33,34)35-14-13-25(18-5-9-21(10-6-18)36-22-11-7-20(27)8-12-22)16-23(31-24(25)32)17-3-2-4-19(15-17)26(28,29)30/h2-12,15,23H,13-14,16H2,1H3,(H,31,32)/t23-,25+/m1/s1. The van der Waals surface area contributed by atoms with Crippen molar-refractivity contribution in [1.82, 2.24) is 5.32 Å². The molecule has 1 amide bonds. The van der Waals surface area contributed by atoms with Crippen LogP contribution in [0.1, 0.15) is 35.6 Å². The summed E-state index contributed by atoms with van der Waals surface area (Å²) in [6, 6.07) is 17.5. The van der Waals surface area contributed by atoms with Gasteiger partial charge in [-0.05, 0) is 72.5 Å². The molecule has 1 heterocycles. The lowest BCUT2D eigenvalue weighted by molar-refractivity contribution is -0.137. The molecule has 0 bridgehead atoms. The Morgan fingerprint density at radius 1 is 1.03 bits per heavy atom. The van der Waals surface area contributed by atoms with Crippen LogP contribution >= 0.6 is 11.6 Å². The Morgan fingerprint density at radius 2 is 1.65 bits per heavy atom. The quantitative estimate of drug-likeness (QED) is 0.345. The second-order valence-electron chi connectivity index (χ2n) is 8.79. The van der Waals surface area contributed by atoms with Crippen LogP contribution in [0.3, 0.4) is 0 Å². The van der Waals surface area contributed by atoms with E-state index in [9.17, 15) is 26.4 Å². The van der Waals surface area contributed by atoms with E-state index in [0.717, 1.165) is 18.4 Å². The summed E-state index contributed by atoms with van der Waals surface area (Å²) in [5.74, 6) is 0.608. The molecule has 37 heavy (non-hydrogen) atoms. The number of benzene rings is 3. The molecular formula is C26H23ClF3NO5S. The van der Waals surface area contributed by atoms with Crippen molar-refractivity contribution >= 4 is 27.6 Å². The Balaban J connectivity index is 1.63. The van der Waals surface area contributed by atoms with E-state index in [1.54, 1.807) is 48.5 Å². The maximum atomic E-state index is 13.3. The van der Waals surface area contributed by atoms with Crippen molar-refractivity contribution in [1.29, 1.82) is 0 Å². The van der Waals surface area contributed by atoms with Crippen LogP contribution in [0.5, 0.6) is 11.5 Å². The Hall–Kier alpha value is -3.08. The Labute approximate surface area is 217 Å². The molecule has 11 heteroatoms. The van der Waals surface area contributed by atoms with Gasteiger partial charge in [0.1, 0.15) is 11.5 Å². The van der Waals surface area contributed by atoms with E-state index in [0.29, 0.717) is 27.6 Å². The summed E-state index contributed by atoms with van der Waals surface area (Å²) in [6.45, 7) is -0.273. The van der Waals surface area contributed by atoms with Crippen molar-refractivity contribution in [3.63, 3.8) is 0 Å². The SMILES string of the molecule is CS(=O)(=O)OCC[C@@]1(c2ccc(Oc3ccc(Cl)cc3)cc2)C[C@H](c2cccc(C(F)(F)F)c2)NC1=O. The van der Waals surface area contributed by atoms with Crippen LogP contribution in [0.2, 0.25) is 5.02 Å². The van der Waals surface area contributed by atoms with Gasteiger partial charge in [-0.25, -0.2) is 0 Å². The van der Waals surface area contributed by atoms with E-state index in [2.05, 4.69) is 5.32 Å². The van der Waals surface area contributed by atoms with Gasteiger partial charge in [-0.3, -0.25) is 8.98 Å². The molecule has 1 aliphatic rings. The highest BCUT2D eigenvalue weighted by atomic mass is 35.5. The summed E-state index contributed by atoms with van der Waals surface area (Å²) >= 11 is 5.90. The summed E-state index contributed by atoms with van der Waals surface area (Å²) in [4.78, 5) is 13.3. The first-order valence-corrected chi connectivity index (χ1v) is 13.4. The van der Waals surface area contributed by atoms with E-state index < -0.39 is 39.2 Å². The van der Waals surface area contributed by atoms with Gasteiger partial charge in [0.05, 0.1) is 29.9 Å². The highest BCUT2D eigenvalue weighted by molar-refractivity contribution is 7.85. The molecular weight excluding hydrogens is 531 g/mol. The molecule has 4 rings (SSSR count). The lowest BCUT2D eigenvalue weighted by atomic mass is 9.74. The smallest absolute Gasteiger partial charge is 0.416 e. The zero-order chi connectivity index (χ0) is 26.8. The van der Waals surface area contributed by atoms with Crippen LogP contribution < -0.4 is 10.1 Å². The van der Waals surface area contributed by atoms with Gasteiger partial charge in [-0.2, -0.15) is 21.6 Å². The lowest BCUT2D eigenvalue weighted by Gasteiger charge is -2.27. The number of halogens is 4. The van der Waals surface area contributed by atoms with E-state index in [1.165, 1.54) is 12.1 Å². The molecule has 196 valence electrons. The number of hydrogen-bond donors (Lipinski definition) is 1. The molecule has 1 saturated heterocycles. The number of amides is 1. The summed E-state index contributed by atoms with van der Waals surface area (Å²) in [5, 5.41) is 3.35. The maximum Gasteiger partial charge on any atom is 0.416 e. The van der Waals surface area contributed by atoms with Gasteiger partial charge >= 0.3 is 6.18 Å². The van der Waals surface area contributed by atoms with Crippen LogP contribution in [-0.2, 0) is 30.7 Å². The van der Waals surface area contributed by atoms with Gasteiger partial charge < -0.3 is 10.1 Å². The van der Waals surface area contributed by atoms with Crippen molar-refractivity contribution in [3.8, 4) is 11.5 Å². The minimum absolute atomic E-state index is 0.00124. The molecule has 3 aromatic carbocycles. The second kappa shape index (κ2) is 10.4. The number of ether oxygens (including phenoxy) is 1. The zero-order valence-electron chi connectivity index (χ0n) is 19.6. The van der Waals surface area contributed by atoms with Crippen LogP contribution in [0, 0.1) is 0 Å². The van der Waals surface area contributed by atoms with Crippen LogP contribution in [-0.4, -0.2) is 27.2 Å². The van der Waals surface area contributed by atoms with Gasteiger partial charge in [0.15, 0.2) is 0 Å². The number of hydrogen-bond acceptors (Lipinski definition) is 5. The first-order chi connectivity index (χ1) is 17.4. The van der Waals surface area contributed by atoms with Crippen LogP contribution in [0.4, 0.5) is 13.2 Å². The molecule has 0 unspecified atom stereocenters. The molecule has 0 spiro atoms. The number of carbonyl (C=O) groups is 1. The van der Waals surface area contributed by atoms with Gasteiger partial charge in [0.2, 0.25) is 5.91 Å². The molecule has 1 N–H and O–H groups in total. The van der Waals surface area contributed by atoms with E-state index in [4.69, 9.17) is 20.5 Å². The van der Waals surface area contributed by atoms with Crippen LogP contribution in [0.15, 0.2) is 72.8 Å². The third-order valence-corrected chi connectivity index (χ3v) is 7.04. The summed E-state index contributed by atoms with van der Waals surface area (Å²) in [5.41, 5.74) is -1.19. The number of nitrogens with one attached hydrogen (secondary N) is 1. The maximum absolute atomic E-state index is 13.3. The van der Waals surface area contributed by atoms with Crippen LogP contribution in [0.25, 0.3) is 0 Å². The predicted octanol–water partition coefficient (Wildman–Crippen LogP) is 6.02. The van der Waals surface area contributed by atoms with Crippen molar-refractivity contribution in [2.45, 2.75) is 30.5 Å². The van der Waals surface area contributed by atoms with Crippen molar-refractivity contribution in [3.05, 3.63) is 94.5 Å². The highest BCUT2D eigenvalue weighted by Crippen LogP contribution is 2.44. The summed E-state index contributed by atoms with van der Waals surface area (Å²) in [7, 11) is -3.76. The van der Waals surface area contributed by atoms with E-state index in [-0.39, 0.29) is 19.4 Å². The largest absolute Gasteiger partial charge is 0.457 e. The normalized spacial score (nSPS) is 20.0. The fourth-order valence-corrected chi connectivity index (χ4v) is 4.89. The monoisotopic (exact) mass is 553 g/mol. The summed E-state index contributed by atoms with van der Waals surface area (Å²) < 4.78 is 73.6. The molecule has 6 nitrogen and oxygen atoms in total. The average molecular weight is 554 g/mol. The molecule has 0 aromatic heterocycles. The fourth-order valence-electron chi connectivity index (χ4n) is 4.38. The molecule has 0 aliphatic carbocycles. The van der Waals surface area contributed by atoms with Crippen molar-refractivity contribution < 1.29 is 35.3 Å². The zero-order valence-corrected chi connectivity index (χ0v) is 21.2. The average Bonchev–Trinajstić information content (AvgIpc) is 3.17. The third-order valence-electron chi connectivity index (χ3n) is 6.19. The molecule has 1 aliphatic heterocycles. The molecule has 2 atom stereocenters. The Kier molecular flexibility index (Phi) is 7.55. The first-order valence-electron chi connectivity index (χ1n) is 11.2. The minimum atomic E-state index is -4.53. The second-order valence-corrected chi connectivity index (χ2v) is 10.9. The Morgan fingerprint density at radius 3 is 2.24 bits per heavy atom. The van der Waals surface area contributed by atoms with Gasteiger partial charge in [0, 0.05) is 5.02 Å². The van der Waals surface area contributed by atoms with Gasteiger partial charge in [-0.15, -0.1) is 0 Å². The number of alkyl halides is 3. The van der Waals surface area contributed by atoms with E-state index in [1.807, 2.05) is 0 Å². The van der Waals surface area contributed by atoms with E-state index >= 15 is 0 Å². The van der Waals surface area contributed by atoms with Crippen molar-refractivity contribution in [2.75, 3.05) is 12.9 Å². The highest BCUT2D eigenvalue weighted by Gasteiger charge is 2.48. The van der Waals surface area contributed by atoms with Gasteiger partial charge in [0.25, 0.3) is 10.1 Å². The lowest BCUT2D eigenvalue weighted by Crippen LogP contribution is -2.37. The third kappa shape index (κ3) is 6.44. The Bertz CT molecular complexity index is 1380. The van der Waals surface area contributed by atoms with Crippen molar-refractivity contribution in [2.24, 2.45) is 0 Å². The number of carbonyl (C=O) groups excluding carboxylic acids is 1. The summed E-state index contributed by atoms with van der Waals surface area (Å²) in [6.07, 6.45) is -3.52. The predicted molar refractivity (Wildman–Crippen MR) is 132 cm³/mol. The first kappa shape index (κ1) is 27.0. The number of rotatable bonds is 8. The molecule has 0 saturated carbocycles.